The maximum absolute atomic E-state index is 9.32. The smallest absolute Gasteiger partial charge is 0.184 e. The summed E-state index contributed by atoms with van der Waals surface area (Å²) in [5.41, 5.74) is 0. The lowest BCUT2D eigenvalue weighted by Gasteiger charge is -2.37. The summed E-state index contributed by atoms with van der Waals surface area (Å²) < 4.78 is 18.8. The molecule has 72 valence electrons. The van der Waals surface area contributed by atoms with Gasteiger partial charge < -0.3 is 30.3 Å². The Bertz CT molecular complexity index is 222. The molecule has 6 heteroatoms. The summed E-state index contributed by atoms with van der Waals surface area (Å²) >= 11 is 0. The monoisotopic (exact) mass is 182 g/mol. The zero-order valence-corrected chi connectivity index (χ0v) is 6.08. The van der Waals surface area contributed by atoms with E-state index in [2.05, 4.69) is 4.74 Å². The quantitative estimate of drug-likeness (QED) is 0.292. The molecule has 1 aliphatic rings. The van der Waals surface area contributed by atoms with Crippen LogP contribution in [0.4, 0.5) is 0 Å². The highest BCUT2D eigenvalue weighted by Gasteiger charge is 2.42. The van der Waals surface area contributed by atoms with E-state index < -0.39 is 37.3 Å². The van der Waals surface area contributed by atoms with Gasteiger partial charge in [-0.3, -0.25) is 0 Å². The molecule has 6 nitrogen and oxygen atoms in total. The van der Waals surface area contributed by atoms with Crippen molar-refractivity contribution in [3.63, 3.8) is 0 Å². The number of ether oxygens (including phenoxy) is 1. The lowest BCUT2D eigenvalue weighted by atomic mass is 10.00. The minimum Gasteiger partial charge on any atom is -0.394 e. The zero-order chi connectivity index (χ0) is 11.1. The summed E-state index contributed by atoms with van der Waals surface area (Å²) in [6, 6.07) is 0. The molecule has 0 aromatic heterocycles. The van der Waals surface area contributed by atoms with Crippen molar-refractivity contribution in [2.24, 2.45) is 0 Å². The van der Waals surface area contributed by atoms with Crippen LogP contribution in [0.2, 0.25) is 0 Å². The molecule has 0 amide bonds. The molecule has 12 heavy (non-hydrogen) atoms. The largest absolute Gasteiger partial charge is 0.394 e. The molecule has 0 radical (unpaired) electrons. The molecule has 0 aromatic rings. The van der Waals surface area contributed by atoms with Gasteiger partial charge in [0.25, 0.3) is 0 Å². The van der Waals surface area contributed by atoms with E-state index >= 15 is 0 Å². The highest BCUT2D eigenvalue weighted by Crippen LogP contribution is 2.18. The second-order valence-electron chi connectivity index (χ2n) is 2.41. The molecule has 1 aliphatic heterocycles. The number of aliphatic hydroxyl groups is 5. The maximum atomic E-state index is 9.32. The first-order valence-corrected chi connectivity index (χ1v) is 3.31. The highest BCUT2D eigenvalue weighted by atomic mass is 16.6. The van der Waals surface area contributed by atoms with Crippen molar-refractivity contribution in [2.45, 2.75) is 30.7 Å². The Hall–Kier alpha value is -0.240. The van der Waals surface area contributed by atoms with E-state index in [-0.39, 0.29) is 0 Å². The summed E-state index contributed by atoms with van der Waals surface area (Å²) in [4.78, 5) is 0. The van der Waals surface area contributed by atoms with Crippen LogP contribution in [-0.2, 0) is 4.74 Å². The maximum Gasteiger partial charge on any atom is 0.184 e. The Morgan fingerprint density at radius 1 is 1.17 bits per heavy atom. The van der Waals surface area contributed by atoms with Crippen LogP contribution in [0.15, 0.2) is 0 Å². The van der Waals surface area contributed by atoms with Crippen molar-refractivity contribution in [2.75, 3.05) is 6.61 Å². The van der Waals surface area contributed by atoms with E-state index in [0.717, 1.165) is 0 Å². The van der Waals surface area contributed by atoms with Gasteiger partial charge in [-0.25, -0.2) is 0 Å². The Labute approximate surface area is 71.5 Å². The number of aliphatic hydroxyl groups excluding tert-OH is 4. The minimum absolute atomic E-state index is 1.10. The Morgan fingerprint density at radius 3 is 2.25 bits per heavy atom. The van der Waals surface area contributed by atoms with Crippen molar-refractivity contribution in [3.05, 3.63) is 0 Å². The van der Waals surface area contributed by atoms with E-state index in [1.165, 1.54) is 0 Å². The third kappa shape index (κ3) is 1.58. The van der Waals surface area contributed by atoms with Crippen LogP contribution in [-0.4, -0.2) is 62.8 Å². The Morgan fingerprint density at radius 2 is 1.75 bits per heavy atom. The first-order chi connectivity index (χ1) is 6.26. The van der Waals surface area contributed by atoms with Gasteiger partial charge in [0, 0.05) is 0 Å². The molecule has 1 heterocycles. The second-order valence-corrected chi connectivity index (χ2v) is 2.41. The Balaban J connectivity index is 3.01. The second kappa shape index (κ2) is 3.65. The first kappa shape index (κ1) is 7.19. The molecule has 0 bridgehead atoms. The number of hydrogen-bond acceptors (Lipinski definition) is 6. The zero-order valence-electron chi connectivity index (χ0n) is 8.08. The summed E-state index contributed by atoms with van der Waals surface area (Å²) in [5.74, 6) is 0. The van der Waals surface area contributed by atoms with Gasteiger partial charge in [0.15, 0.2) is 6.29 Å². The molecule has 0 aliphatic carbocycles. The van der Waals surface area contributed by atoms with Crippen LogP contribution < -0.4 is 0 Å². The average Bonchev–Trinajstić information content (AvgIpc) is 2.12. The molecule has 0 saturated carbocycles. The van der Waals surface area contributed by atoms with Gasteiger partial charge in [-0.2, -0.15) is 0 Å². The minimum atomic E-state index is -2.92. The van der Waals surface area contributed by atoms with Crippen LogP contribution in [0.25, 0.3) is 0 Å². The van der Waals surface area contributed by atoms with E-state index in [1.807, 2.05) is 0 Å². The fraction of sp³-hybridized carbons (Fsp3) is 1.00. The highest BCUT2D eigenvalue weighted by molar-refractivity contribution is 4.87. The van der Waals surface area contributed by atoms with Crippen LogP contribution >= 0.6 is 0 Å². The molecule has 1 saturated heterocycles. The van der Waals surface area contributed by atoms with Gasteiger partial charge in [0.05, 0.1) is 9.35 Å². The average molecular weight is 182 g/mol. The summed E-state index contributed by atoms with van der Waals surface area (Å²) in [6.45, 7) is -1.10. The predicted octanol–water partition coefficient (Wildman–Crippen LogP) is -3.22. The lowest BCUT2D eigenvalue weighted by molar-refractivity contribution is -0.286. The Kier molecular flexibility index (Phi) is 2.19. The van der Waals surface area contributed by atoms with Crippen LogP contribution in [0, 0.1) is 0 Å². The van der Waals surface area contributed by atoms with Crippen molar-refractivity contribution in [3.8, 4) is 0 Å². The summed E-state index contributed by atoms with van der Waals surface area (Å²) in [5, 5.41) is 45.2. The van der Waals surface area contributed by atoms with Gasteiger partial charge in [0.2, 0.25) is 0 Å². The molecule has 5 atom stereocenters. The topological polar surface area (TPSA) is 110 Å². The fourth-order valence-electron chi connectivity index (χ4n) is 0.877. The van der Waals surface area contributed by atoms with Gasteiger partial charge >= 0.3 is 0 Å². The normalized spacial score (nSPS) is 63.9. The van der Waals surface area contributed by atoms with Crippen LogP contribution in [0.5, 0.6) is 0 Å². The molecule has 1 rings (SSSR count). The van der Waals surface area contributed by atoms with Gasteiger partial charge in [-0.1, -0.05) is 0 Å². The number of rotatable bonds is 1. The van der Waals surface area contributed by atoms with Crippen molar-refractivity contribution >= 4 is 0 Å². The number of hydrogen-bond donors (Lipinski definition) is 5. The van der Waals surface area contributed by atoms with Crippen molar-refractivity contribution < 1.29 is 33.0 Å². The third-order valence-electron chi connectivity index (χ3n) is 1.59. The first-order valence-electron chi connectivity index (χ1n) is 4.31. The van der Waals surface area contributed by atoms with E-state index in [4.69, 9.17) is 18.1 Å². The SMILES string of the molecule is [2H][C@]1(CO)OC(O)[C@H](O)[C@H](O)[C@]1([2H])O. The van der Waals surface area contributed by atoms with Crippen molar-refractivity contribution in [1.29, 1.82) is 0 Å². The van der Waals surface area contributed by atoms with Gasteiger partial charge in [-0.15, -0.1) is 0 Å². The summed E-state index contributed by atoms with van der Waals surface area (Å²) in [7, 11) is 0. The molecule has 1 unspecified atom stereocenters. The standard InChI is InChI=1S/C6H12O6/c7-1-2-3(8)4(9)5(10)6(11)12-2/h2-11H,1H2/t2-,3-,4-,5-,6?/m1/s1/i2D,3D. The van der Waals surface area contributed by atoms with E-state index in [9.17, 15) is 10.2 Å². The third-order valence-corrected chi connectivity index (χ3v) is 1.59. The fourth-order valence-corrected chi connectivity index (χ4v) is 0.877. The van der Waals surface area contributed by atoms with Crippen LogP contribution in [0.3, 0.4) is 0 Å². The molecule has 0 spiro atoms. The lowest BCUT2D eigenvalue weighted by Crippen LogP contribution is -2.58. The van der Waals surface area contributed by atoms with Crippen molar-refractivity contribution in [1.82, 2.24) is 0 Å². The molecule has 1 fully saturated rings. The van der Waals surface area contributed by atoms with Gasteiger partial charge in [-0.05, 0) is 0 Å². The van der Waals surface area contributed by atoms with Crippen LogP contribution in [0.1, 0.15) is 2.74 Å². The van der Waals surface area contributed by atoms with E-state index in [0.29, 0.717) is 0 Å². The van der Waals surface area contributed by atoms with Gasteiger partial charge in [0.1, 0.15) is 24.4 Å². The molecular formula is C6H12O6. The molecule has 0 aromatic carbocycles. The molecular weight excluding hydrogens is 168 g/mol. The van der Waals surface area contributed by atoms with E-state index in [1.54, 1.807) is 0 Å². The predicted molar refractivity (Wildman–Crippen MR) is 36.0 cm³/mol. The molecule has 5 N–H and O–H groups in total. The summed E-state index contributed by atoms with van der Waals surface area (Å²) in [6.07, 6.45) is -11.4.